The van der Waals surface area contributed by atoms with Crippen LogP contribution in [0, 0.1) is 23.2 Å². The number of likely N-dealkylation sites (tertiary alicyclic amines) is 1. The van der Waals surface area contributed by atoms with Gasteiger partial charge in [0.05, 0.1) is 19.3 Å². The van der Waals surface area contributed by atoms with E-state index in [-0.39, 0.29) is 11.5 Å². The highest BCUT2D eigenvalue weighted by Crippen LogP contribution is 2.64. The zero-order valence-electron chi connectivity index (χ0n) is 24.6. The van der Waals surface area contributed by atoms with Crippen LogP contribution in [0.15, 0.2) is 18.2 Å². The van der Waals surface area contributed by atoms with Gasteiger partial charge in [0, 0.05) is 32.2 Å². The number of piperidine rings is 1. The van der Waals surface area contributed by atoms with Crippen LogP contribution in [0.4, 0.5) is 4.79 Å². The molecule has 2 saturated carbocycles. The molecule has 41 heavy (non-hydrogen) atoms. The molecule has 4 fully saturated rings. The summed E-state index contributed by atoms with van der Waals surface area (Å²) >= 11 is 0. The third-order valence-electron chi connectivity index (χ3n) is 11.2. The number of phosphoric acid groups is 1. The van der Waals surface area contributed by atoms with Crippen molar-refractivity contribution in [3.8, 4) is 5.75 Å². The fourth-order valence-corrected chi connectivity index (χ4v) is 9.97. The summed E-state index contributed by atoms with van der Waals surface area (Å²) in [6.45, 7) is 9.44. The summed E-state index contributed by atoms with van der Waals surface area (Å²) in [5.41, 5.74) is 2.46. The number of fused-ring (bicyclic) bond motifs is 5. The van der Waals surface area contributed by atoms with Crippen molar-refractivity contribution in [3.05, 3.63) is 29.3 Å². The average Bonchev–Trinajstić information content (AvgIpc) is 3.28. The van der Waals surface area contributed by atoms with Crippen LogP contribution in [-0.4, -0.2) is 77.2 Å². The van der Waals surface area contributed by atoms with Crippen LogP contribution in [0.25, 0.3) is 0 Å². The van der Waals surface area contributed by atoms with Crippen molar-refractivity contribution < 1.29 is 33.1 Å². The average molecular weight is 591 g/mol. The van der Waals surface area contributed by atoms with Gasteiger partial charge in [-0.15, -0.1) is 0 Å². The summed E-state index contributed by atoms with van der Waals surface area (Å²) in [7, 11) is -4.53. The molecule has 0 unspecified atom stereocenters. The minimum Gasteiger partial charge on any atom is -0.410 e. The lowest BCUT2D eigenvalue weighted by Gasteiger charge is -2.53. The second-order valence-electron chi connectivity index (χ2n) is 13.3. The van der Waals surface area contributed by atoms with Crippen LogP contribution in [0.2, 0.25) is 0 Å². The second kappa shape index (κ2) is 11.9. The third kappa shape index (κ3) is 6.00. The topological polar surface area (TPSA) is 109 Å². The Morgan fingerprint density at radius 1 is 1.10 bits per heavy atom. The number of morpholine rings is 1. The zero-order chi connectivity index (χ0) is 28.8. The van der Waals surface area contributed by atoms with Crippen molar-refractivity contribution >= 4 is 13.9 Å². The standard InChI is InChI=1S/C31H47N2O7P/c1-3-4-21-19-22-20-24(39-30(34)33-13-10-23(11-14-33)32-15-17-38-18-16-32)5-6-25(22)26-9-12-31(2)27(29(21)26)7-8-28(31)40-41(35,36)37/h5-6,20-21,23,26-29H,3-4,7-19H2,1-2H3,(H2,35,36,37)/t21-,26-,27+,28+,29-,31+/m1/s1. The molecule has 2 heterocycles. The van der Waals surface area contributed by atoms with E-state index in [9.17, 15) is 19.1 Å². The van der Waals surface area contributed by atoms with Crippen LogP contribution in [0.5, 0.6) is 5.75 Å². The molecule has 9 nitrogen and oxygen atoms in total. The number of phosphoric ester groups is 1. The second-order valence-corrected chi connectivity index (χ2v) is 14.5. The Labute approximate surface area is 244 Å². The molecule has 2 N–H and O–H groups in total. The van der Waals surface area contributed by atoms with E-state index in [1.54, 1.807) is 0 Å². The first-order chi connectivity index (χ1) is 19.7. The van der Waals surface area contributed by atoms with E-state index in [4.69, 9.17) is 14.0 Å². The van der Waals surface area contributed by atoms with Crippen molar-refractivity contribution in [2.45, 2.75) is 89.7 Å². The van der Waals surface area contributed by atoms with E-state index in [1.807, 2.05) is 11.0 Å². The molecule has 2 aliphatic heterocycles. The van der Waals surface area contributed by atoms with Gasteiger partial charge in [-0.2, -0.15) is 0 Å². The Kier molecular flexibility index (Phi) is 8.58. The van der Waals surface area contributed by atoms with Crippen LogP contribution < -0.4 is 4.74 Å². The van der Waals surface area contributed by atoms with E-state index in [0.717, 1.165) is 90.8 Å². The first-order valence-corrected chi connectivity index (χ1v) is 17.3. The Bertz CT molecular complexity index is 1150. The van der Waals surface area contributed by atoms with E-state index in [2.05, 4.69) is 30.9 Å². The zero-order valence-corrected chi connectivity index (χ0v) is 25.5. The number of nitrogens with zero attached hydrogens (tertiary/aromatic N) is 2. The van der Waals surface area contributed by atoms with Crippen molar-refractivity contribution in [3.63, 3.8) is 0 Å². The summed E-state index contributed by atoms with van der Waals surface area (Å²) < 4.78 is 28.5. The summed E-state index contributed by atoms with van der Waals surface area (Å²) in [5.74, 6) is 2.43. The monoisotopic (exact) mass is 590 g/mol. The van der Waals surface area contributed by atoms with Gasteiger partial charge < -0.3 is 24.2 Å². The molecule has 228 valence electrons. The fraction of sp³-hybridized carbons (Fsp3) is 0.774. The van der Waals surface area contributed by atoms with Crippen molar-refractivity contribution in [2.75, 3.05) is 39.4 Å². The van der Waals surface area contributed by atoms with Gasteiger partial charge in [0.2, 0.25) is 0 Å². The van der Waals surface area contributed by atoms with Gasteiger partial charge in [0.1, 0.15) is 5.75 Å². The molecule has 3 aliphatic carbocycles. The number of hydrogen-bond donors (Lipinski definition) is 2. The highest BCUT2D eigenvalue weighted by molar-refractivity contribution is 7.46. The molecule has 5 aliphatic rings. The van der Waals surface area contributed by atoms with Crippen LogP contribution >= 0.6 is 7.82 Å². The summed E-state index contributed by atoms with van der Waals surface area (Å²) in [6, 6.07) is 6.78. The molecule has 1 amide bonds. The maximum Gasteiger partial charge on any atom is 0.469 e. The van der Waals surface area contributed by atoms with Gasteiger partial charge in [0.15, 0.2) is 0 Å². The Balaban J connectivity index is 1.14. The van der Waals surface area contributed by atoms with Gasteiger partial charge in [0.25, 0.3) is 0 Å². The highest BCUT2D eigenvalue weighted by atomic mass is 31.2. The molecule has 10 heteroatoms. The van der Waals surface area contributed by atoms with Crippen LogP contribution in [-0.2, 0) is 20.2 Å². The van der Waals surface area contributed by atoms with Crippen molar-refractivity contribution in [1.82, 2.24) is 9.80 Å². The molecule has 6 atom stereocenters. The number of rotatable bonds is 6. The molecular formula is C31H47N2O7P. The van der Waals surface area contributed by atoms with Crippen molar-refractivity contribution in [2.24, 2.45) is 23.2 Å². The third-order valence-corrected chi connectivity index (χ3v) is 11.7. The minimum atomic E-state index is -4.53. The Morgan fingerprint density at radius 2 is 1.85 bits per heavy atom. The summed E-state index contributed by atoms with van der Waals surface area (Å²) in [4.78, 5) is 36.6. The van der Waals surface area contributed by atoms with E-state index >= 15 is 0 Å². The molecular weight excluding hydrogens is 543 g/mol. The lowest BCUT2D eigenvalue weighted by Crippen LogP contribution is -2.50. The van der Waals surface area contributed by atoms with Crippen LogP contribution in [0.1, 0.15) is 82.3 Å². The largest absolute Gasteiger partial charge is 0.469 e. The smallest absolute Gasteiger partial charge is 0.410 e. The molecule has 2 saturated heterocycles. The number of carbonyl (C=O) groups excluding carboxylic acids is 1. The SMILES string of the molecule is CCC[C@@H]1Cc2cc(OC(=O)N3CCC(N4CCOCC4)CC3)ccc2[C@H]2CC[C@]3(C)[C@@H](OP(=O)(O)O)CC[C@H]3[C@H]12. The molecule has 0 aromatic heterocycles. The molecule has 1 aromatic rings. The quantitative estimate of drug-likeness (QED) is 0.428. The predicted octanol–water partition coefficient (Wildman–Crippen LogP) is 5.34. The summed E-state index contributed by atoms with van der Waals surface area (Å²) in [5, 5.41) is 0. The normalized spacial score (nSPS) is 34.5. The van der Waals surface area contributed by atoms with E-state index < -0.39 is 13.9 Å². The van der Waals surface area contributed by atoms with Gasteiger partial charge in [-0.25, -0.2) is 9.36 Å². The molecule has 0 bridgehead atoms. The predicted molar refractivity (Wildman–Crippen MR) is 155 cm³/mol. The summed E-state index contributed by atoms with van der Waals surface area (Å²) in [6.07, 6.45) is 8.04. The van der Waals surface area contributed by atoms with Crippen LogP contribution in [0.3, 0.4) is 0 Å². The fourth-order valence-electron chi connectivity index (χ4n) is 9.30. The minimum absolute atomic E-state index is 0.212. The number of benzene rings is 1. The van der Waals surface area contributed by atoms with E-state index in [0.29, 0.717) is 41.9 Å². The van der Waals surface area contributed by atoms with Gasteiger partial charge in [-0.1, -0.05) is 32.8 Å². The van der Waals surface area contributed by atoms with Crippen molar-refractivity contribution in [1.29, 1.82) is 0 Å². The first kappa shape index (κ1) is 29.6. The maximum absolute atomic E-state index is 13.1. The molecule has 0 spiro atoms. The number of carbonyl (C=O) groups is 1. The number of hydrogen-bond acceptors (Lipinski definition) is 6. The maximum atomic E-state index is 13.1. The lowest BCUT2D eigenvalue weighted by atomic mass is 9.52. The number of amides is 1. The molecule has 0 radical (unpaired) electrons. The molecule has 6 rings (SSSR count). The Morgan fingerprint density at radius 3 is 2.56 bits per heavy atom. The number of ether oxygens (including phenoxy) is 2. The van der Waals surface area contributed by atoms with Gasteiger partial charge in [-0.3, -0.25) is 9.42 Å². The lowest BCUT2D eigenvalue weighted by molar-refractivity contribution is -0.0379. The van der Waals surface area contributed by atoms with Gasteiger partial charge in [-0.05, 0) is 97.3 Å². The molecule has 1 aromatic carbocycles. The first-order valence-electron chi connectivity index (χ1n) is 15.8. The van der Waals surface area contributed by atoms with Gasteiger partial charge >= 0.3 is 13.9 Å². The van der Waals surface area contributed by atoms with E-state index in [1.165, 1.54) is 11.1 Å². The highest BCUT2D eigenvalue weighted by Gasteiger charge is 2.58. The Hall–Kier alpha value is -1.48.